The third kappa shape index (κ3) is 1.48. The van der Waals surface area contributed by atoms with Crippen molar-refractivity contribution in [3.63, 3.8) is 0 Å². The molecule has 0 bridgehead atoms. The fraction of sp³-hybridized carbons (Fsp3) is 0.667. The summed E-state index contributed by atoms with van der Waals surface area (Å²) in [4.78, 5) is 2.26. The highest BCUT2D eigenvalue weighted by Gasteiger charge is 2.22. The molecule has 2 rings (SSSR count). The van der Waals surface area contributed by atoms with Crippen LogP contribution in [0, 0.1) is 5.92 Å². The Hall–Kier alpha value is -1.19. The van der Waals surface area contributed by atoms with E-state index in [1.54, 1.807) is 4.68 Å². The highest BCUT2D eigenvalue weighted by molar-refractivity contribution is 5.62. The minimum absolute atomic E-state index is 0.765. The molecule has 1 atom stereocenters. The first-order valence-electron chi connectivity index (χ1n) is 4.71. The van der Waals surface area contributed by atoms with E-state index in [0.717, 1.165) is 30.5 Å². The van der Waals surface area contributed by atoms with Gasteiger partial charge in [-0.15, -0.1) is 0 Å². The van der Waals surface area contributed by atoms with E-state index < -0.39 is 0 Å². The Morgan fingerprint density at radius 2 is 2.38 bits per heavy atom. The van der Waals surface area contributed by atoms with Crippen LogP contribution in [0.4, 0.5) is 11.5 Å². The van der Waals surface area contributed by atoms with Crippen molar-refractivity contribution in [3.8, 4) is 0 Å². The van der Waals surface area contributed by atoms with E-state index in [4.69, 9.17) is 5.73 Å². The van der Waals surface area contributed by atoms with E-state index >= 15 is 0 Å². The number of aryl methyl sites for hydroxylation is 1. The van der Waals surface area contributed by atoms with Gasteiger partial charge in [-0.3, -0.25) is 4.68 Å². The van der Waals surface area contributed by atoms with Crippen LogP contribution in [-0.2, 0) is 7.05 Å². The van der Waals surface area contributed by atoms with Gasteiger partial charge >= 0.3 is 0 Å². The first-order chi connectivity index (χ1) is 6.16. The van der Waals surface area contributed by atoms with Crippen molar-refractivity contribution >= 4 is 11.5 Å². The maximum atomic E-state index is 5.84. The lowest BCUT2D eigenvalue weighted by atomic mass is 10.2. The predicted octanol–water partition coefficient (Wildman–Crippen LogP) is 0.849. The topological polar surface area (TPSA) is 47.1 Å². The molecule has 1 aliphatic rings. The molecule has 2 heterocycles. The SMILES string of the molecule is CC1CCN(c2nn(C)cc2N)C1. The maximum Gasteiger partial charge on any atom is 0.173 e. The Kier molecular flexibility index (Phi) is 1.90. The number of rotatable bonds is 1. The van der Waals surface area contributed by atoms with Crippen LogP contribution in [0.3, 0.4) is 0 Å². The quantitative estimate of drug-likeness (QED) is 0.697. The monoisotopic (exact) mass is 180 g/mol. The number of hydrogen-bond acceptors (Lipinski definition) is 3. The number of anilines is 2. The number of hydrogen-bond donors (Lipinski definition) is 1. The van der Waals surface area contributed by atoms with Gasteiger partial charge in [-0.25, -0.2) is 0 Å². The van der Waals surface area contributed by atoms with Crippen LogP contribution < -0.4 is 10.6 Å². The minimum atomic E-state index is 0.765. The van der Waals surface area contributed by atoms with Gasteiger partial charge in [0, 0.05) is 26.3 Å². The summed E-state index contributed by atoms with van der Waals surface area (Å²) in [6.07, 6.45) is 3.11. The summed E-state index contributed by atoms with van der Waals surface area (Å²) >= 11 is 0. The molecule has 1 aliphatic heterocycles. The summed E-state index contributed by atoms with van der Waals surface area (Å²) < 4.78 is 1.77. The molecule has 1 unspecified atom stereocenters. The molecule has 0 saturated carbocycles. The molecule has 72 valence electrons. The molecule has 4 nitrogen and oxygen atoms in total. The van der Waals surface area contributed by atoms with Gasteiger partial charge in [-0.2, -0.15) is 5.10 Å². The van der Waals surface area contributed by atoms with Gasteiger partial charge in [0.25, 0.3) is 0 Å². The van der Waals surface area contributed by atoms with E-state index in [1.165, 1.54) is 6.42 Å². The van der Waals surface area contributed by atoms with Crippen molar-refractivity contribution in [2.75, 3.05) is 23.7 Å². The lowest BCUT2D eigenvalue weighted by Gasteiger charge is -2.14. The van der Waals surface area contributed by atoms with Crippen LogP contribution in [0.15, 0.2) is 6.20 Å². The number of nitrogens with zero attached hydrogens (tertiary/aromatic N) is 3. The van der Waals surface area contributed by atoms with Crippen LogP contribution in [0.5, 0.6) is 0 Å². The van der Waals surface area contributed by atoms with Crippen LogP contribution in [0.1, 0.15) is 13.3 Å². The van der Waals surface area contributed by atoms with Crippen molar-refractivity contribution in [1.82, 2.24) is 9.78 Å². The average molecular weight is 180 g/mol. The normalized spacial score (nSPS) is 22.6. The van der Waals surface area contributed by atoms with E-state index in [1.807, 2.05) is 13.2 Å². The lowest BCUT2D eigenvalue weighted by Crippen LogP contribution is -2.20. The summed E-state index contributed by atoms with van der Waals surface area (Å²) in [6, 6.07) is 0. The van der Waals surface area contributed by atoms with Crippen LogP contribution >= 0.6 is 0 Å². The molecule has 13 heavy (non-hydrogen) atoms. The molecule has 0 radical (unpaired) electrons. The fourth-order valence-electron chi connectivity index (χ4n) is 1.87. The Morgan fingerprint density at radius 3 is 2.85 bits per heavy atom. The second kappa shape index (κ2) is 2.94. The molecule has 0 aromatic carbocycles. The van der Waals surface area contributed by atoms with Crippen molar-refractivity contribution < 1.29 is 0 Å². The summed E-state index contributed by atoms with van der Waals surface area (Å²) in [6.45, 7) is 4.43. The predicted molar refractivity (Wildman–Crippen MR) is 53.6 cm³/mol. The molecule has 0 aliphatic carbocycles. The smallest absolute Gasteiger partial charge is 0.173 e. The van der Waals surface area contributed by atoms with Gasteiger partial charge in [0.15, 0.2) is 5.82 Å². The van der Waals surface area contributed by atoms with Gasteiger partial charge in [0.2, 0.25) is 0 Å². The zero-order valence-electron chi connectivity index (χ0n) is 8.20. The largest absolute Gasteiger partial charge is 0.394 e. The zero-order valence-corrected chi connectivity index (χ0v) is 8.20. The second-order valence-corrected chi connectivity index (χ2v) is 3.92. The van der Waals surface area contributed by atoms with Gasteiger partial charge in [0.05, 0.1) is 5.69 Å². The number of aromatic nitrogens is 2. The standard InChI is InChI=1S/C9H16N4/c1-7-3-4-13(5-7)9-8(10)6-12(2)11-9/h6-7H,3-5,10H2,1-2H3. The van der Waals surface area contributed by atoms with Gasteiger partial charge in [-0.1, -0.05) is 6.92 Å². The lowest BCUT2D eigenvalue weighted by molar-refractivity contribution is 0.658. The summed E-state index contributed by atoms with van der Waals surface area (Å²) in [7, 11) is 1.90. The molecule has 1 fully saturated rings. The molecule has 0 spiro atoms. The van der Waals surface area contributed by atoms with E-state index in [0.29, 0.717) is 0 Å². The highest BCUT2D eigenvalue weighted by Crippen LogP contribution is 2.26. The highest BCUT2D eigenvalue weighted by atomic mass is 15.3. The first kappa shape index (κ1) is 8.41. The molecular weight excluding hydrogens is 164 g/mol. The average Bonchev–Trinajstić information content (AvgIpc) is 2.58. The minimum Gasteiger partial charge on any atom is -0.394 e. The number of nitrogen functional groups attached to an aromatic ring is 1. The number of nitrogens with two attached hydrogens (primary N) is 1. The Balaban J connectivity index is 2.20. The molecule has 4 heteroatoms. The first-order valence-corrected chi connectivity index (χ1v) is 4.71. The van der Waals surface area contributed by atoms with Crippen molar-refractivity contribution in [1.29, 1.82) is 0 Å². The molecule has 1 aromatic rings. The van der Waals surface area contributed by atoms with Crippen LogP contribution in [0.2, 0.25) is 0 Å². The van der Waals surface area contributed by atoms with E-state index in [2.05, 4.69) is 16.9 Å². The molecule has 0 amide bonds. The summed E-state index contributed by atoms with van der Waals surface area (Å²) in [5.41, 5.74) is 6.63. The Bertz CT molecular complexity index is 305. The van der Waals surface area contributed by atoms with Crippen molar-refractivity contribution in [3.05, 3.63) is 6.20 Å². The fourth-order valence-corrected chi connectivity index (χ4v) is 1.87. The van der Waals surface area contributed by atoms with E-state index in [-0.39, 0.29) is 0 Å². The summed E-state index contributed by atoms with van der Waals surface area (Å²) in [5.74, 6) is 1.72. The zero-order chi connectivity index (χ0) is 9.42. The third-order valence-electron chi connectivity index (χ3n) is 2.56. The molecular formula is C9H16N4. The van der Waals surface area contributed by atoms with Crippen molar-refractivity contribution in [2.24, 2.45) is 13.0 Å². The van der Waals surface area contributed by atoms with Gasteiger partial charge < -0.3 is 10.6 Å². The third-order valence-corrected chi connectivity index (χ3v) is 2.56. The Labute approximate surface area is 78.3 Å². The van der Waals surface area contributed by atoms with Crippen LogP contribution in [-0.4, -0.2) is 22.9 Å². The summed E-state index contributed by atoms with van der Waals surface area (Å²) in [5, 5.41) is 4.34. The van der Waals surface area contributed by atoms with Gasteiger partial charge in [-0.05, 0) is 12.3 Å². The van der Waals surface area contributed by atoms with E-state index in [9.17, 15) is 0 Å². The van der Waals surface area contributed by atoms with Crippen molar-refractivity contribution in [2.45, 2.75) is 13.3 Å². The van der Waals surface area contributed by atoms with Crippen LogP contribution in [0.25, 0.3) is 0 Å². The Morgan fingerprint density at radius 1 is 1.62 bits per heavy atom. The molecule has 2 N–H and O–H groups in total. The second-order valence-electron chi connectivity index (χ2n) is 3.92. The molecule has 1 saturated heterocycles. The molecule has 1 aromatic heterocycles. The maximum absolute atomic E-state index is 5.84. The van der Waals surface area contributed by atoms with Gasteiger partial charge in [0.1, 0.15) is 0 Å².